The molecule has 0 heterocycles. The first-order chi connectivity index (χ1) is 16.4. The minimum atomic E-state index is -6.77. The normalized spacial score (nSPS) is 14.4. The summed E-state index contributed by atoms with van der Waals surface area (Å²) in [7, 11) is -13.0. The second kappa shape index (κ2) is 9.14. The van der Waals surface area contributed by atoms with E-state index in [1.54, 1.807) is 0 Å². The molecule has 2 rings (SSSR count). The first-order valence-electron chi connectivity index (χ1n) is 8.73. The molecule has 0 fully saturated rings. The second-order valence-electron chi connectivity index (χ2n) is 6.75. The van der Waals surface area contributed by atoms with Gasteiger partial charge in [0.25, 0.3) is 0 Å². The summed E-state index contributed by atoms with van der Waals surface area (Å²) in [4.78, 5) is 0. The molecule has 20 heteroatoms. The van der Waals surface area contributed by atoms with E-state index in [-0.39, 0.29) is 24.3 Å². The molecule has 0 aromatic heterocycles. The van der Waals surface area contributed by atoms with Crippen molar-refractivity contribution in [3.63, 3.8) is 0 Å². The molecule has 208 valence electrons. The molecule has 0 aliphatic rings. The van der Waals surface area contributed by atoms with Gasteiger partial charge in [0.15, 0.2) is 0 Å². The Balaban J connectivity index is 2.78. The van der Waals surface area contributed by atoms with E-state index in [0.29, 0.717) is 24.3 Å². The van der Waals surface area contributed by atoms with Gasteiger partial charge in [-0.2, -0.15) is 65.1 Å². The van der Waals surface area contributed by atoms with Crippen molar-refractivity contribution in [2.24, 2.45) is 0 Å². The molecular weight excluding hydrogens is 592 g/mol. The molecule has 0 unspecified atom stereocenters. The lowest BCUT2D eigenvalue weighted by Gasteiger charge is -2.35. The second-order valence-corrected chi connectivity index (χ2v) is 9.83. The molecule has 0 atom stereocenters. The fourth-order valence-corrected chi connectivity index (χ4v) is 3.50. The molecule has 0 aliphatic heterocycles. The fourth-order valence-electron chi connectivity index (χ4n) is 2.60. The zero-order valence-corrected chi connectivity index (χ0v) is 18.6. The third kappa shape index (κ3) is 5.68. The van der Waals surface area contributed by atoms with Crippen LogP contribution in [0.25, 0.3) is 0 Å². The lowest BCUT2D eigenvalue weighted by atomic mass is 9.82. The Morgan fingerprint density at radius 3 is 1.14 bits per heavy atom. The average Bonchev–Trinajstić information content (AvgIpc) is 2.70. The molecule has 0 amide bonds. The first-order valence-corrected chi connectivity index (χ1v) is 11.5. The highest BCUT2D eigenvalue weighted by Gasteiger charge is 2.72. The van der Waals surface area contributed by atoms with Crippen LogP contribution in [0.3, 0.4) is 0 Å². The maximum atomic E-state index is 15.9. The molecule has 0 saturated heterocycles. The predicted octanol–water partition coefficient (Wildman–Crippen LogP) is 5.55. The monoisotopic (exact) mass is 600 g/mol. The van der Waals surface area contributed by atoms with E-state index in [1.165, 1.54) is 0 Å². The molecule has 0 saturated carbocycles. The van der Waals surface area contributed by atoms with Crippen LogP contribution in [0.15, 0.2) is 48.5 Å². The molecule has 6 nitrogen and oxygen atoms in total. The van der Waals surface area contributed by atoms with E-state index >= 15 is 4.39 Å². The molecule has 0 radical (unpaired) electrons. The molecule has 0 aliphatic carbocycles. The van der Waals surface area contributed by atoms with Crippen molar-refractivity contribution in [3.8, 4) is 11.5 Å². The summed E-state index contributed by atoms with van der Waals surface area (Å²) in [6.45, 7) is 0. The number of alkyl halides is 12. The summed E-state index contributed by atoms with van der Waals surface area (Å²) in [5, 5.41) is 0. The zero-order chi connectivity index (χ0) is 28.9. The van der Waals surface area contributed by atoms with Gasteiger partial charge in [-0.1, -0.05) is 24.3 Å². The van der Waals surface area contributed by atoms with Crippen LogP contribution in [0.4, 0.5) is 52.7 Å². The third-order valence-corrected chi connectivity index (χ3v) is 6.19. The average molecular weight is 600 g/mol. The lowest BCUT2D eigenvalue weighted by Crippen LogP contribution is -2.53. The highest BCUT2D eigenvalue weighted by molar-refractivity contribution is 7.88. The molecule has 2 aromatic carbocycles. The van der Waals surface area contributed by atoms with Crippen LogP contribution in [0.2, 0.25) is 0 Å². The number of hydrogen-bond donors (Lipinski definition) is 0. The Kier molecular flexibility index (Phi) is 7.49. The van der Waals surface area contributed by atoms with Crippen LogP contribution >= 0.6 is 0 Å². The largest absolute Gasteiger partial charge is 0.534 e. The maximum Gasteiger partial charge on any atom is 0.534 e. The van der Waals surface area contributed by atoms with Gasteiger partial charge in [0.1, 0.15) is 11.5 Å². The van der Waals surface area contributed by atoms with Crippen molar-refractivity contribution in [2.75, 3.05) is 0 Å². The number of benzene rings is 2. The summed E-state index contributed by atoms with van der Waals surface area (Å²) < 4.78 is 211. The summed E-state index contributed by atoms with van der Waals surface area (Å²) in [5.41, 5.74) is -21.2. The minimum absolute atomic E-state index is 0.132. The van der Waals surface area contributed by atoms with Gasteiger partial charge in [-0.25, -0.2) is 4.39 Å². The Labute approximate surface area is 198 Å². The first kappa shape index (κ1) is 30.3. The van der Waals surface area contributed by atoms with Gasteiger partial charge in [-0.05, 0) is 24.3 Å². The van der Waals surface area contributed by atoms with E-state index in [1.807, 2.05) is 0 Å². The topological polar surface area (TPSA) is 86.7 Å². The third-order valence-electron chi connectivity index (χ3n) is 4.23. The Morgan fingerprint density at radius 1 is 0.541 bits per heavy atom. The molecule has 0 bridgehead atoms. The van der Waals surface area contributed by atoms with Crippen molar-refractivity contribution >= 4 is 20.2 Å². The van der Waals surface area contributed by atoms with E-state index in [9.17, 15) is 65.1 Å². The summed E-state index contributed by atoms with van der Waals surface area (Å²) in [6.07, 6.45) is -6.77. The molecular formula is C17H8F12O6S2. The van der Waals surface area contributed by atoms with Crippen LogP contribution in [0, 0.1) is 0 Å². The van der Waals surface area contributed by atoms with Crippen molar-refractivity contribution in [1.29, 1.82) is 0 Å². The van der Waals surface area contributed by atoms with E-state index in [4.69, 9.17) is 0 Å². The quantitative estimate of drug-likeness (QED) is 0.235. The molecule has 37 heavy (non-hydrogen) atoms. The van der Waals surface area contributed by atoms with E-state index < -0.39 is 71.6 Å². The minimum Gasteiger partial charge on any atom is -0.376 e. The van der Waals surface area contributed by atoms with Gasteiger partial charge in [0, 0.05) is 11.1 Å². The predicted molar refractivity (Wildman–Crippen MR) is 97.0 cm³/mol. The number of halogens is 12. The van der Waals surface area contributed by atoms with Gasteiger partial charge in [-0.3, -0.25) is 0 Å². The Bertz CT molecular complexity index is 1270. The van der Waals surface area contributed by atoms with Gasteiger partial charge in [0.05, 0.1) is 0 Å². The van der Waals surface area contributed by atoms with Crippen molar-refractivity contribution < 1.29 is 77.9 Å². The van der Waals surface area contributed by atoms with Crippen LogP contribution in [-0.4, -0.2) is 40.0 Å². The van der Waals surface area contributed by atoms with Crippen LogP contribution in [0.1, 0.15) is 11.1 Å². The van der Waals surface area contributed by atoms with Crippen molar-refractivity contribution in [2.45, 2.75) is 28.8 Å². The maximum absolute atomic E-state index is 15.9. The SMILES string of the molecule is O=S(=O)(Oc1cccc(C(F)(c2cccc(OS(=O)(=O)C(F)(F)F)c2)C(F)(F)C(F)(F)F)c1)C(F)(F)F. The Morgan fingerprint density at radius 2 is 0.865 bits per heavy atom. The van der Waals surface area contributed by atoms with Gasteiger partial charge in [0.2, 0.25) is 5.67 Å². The number of rotatable bonds is 7. The van der Waals surface area contributed by atoms with Crippen molar-refractivity contribution in [3.05, 3.63) is 59.7 Å². The van der Waals surface area contributed by atoms with E-state index in [2.05, 4.69) is 8.37 Å². The van der Waals surface area contributed by atoms with Gasteiger partial charge < -0.3 is 8.37 Å². The summed E-state index contributed by atoms with van der Waals surface area (Å²) >= 11 is 0. The Hall–Kier alpha value is -2.90. The van der Waals surface area contributed by atoms with Crippen LogP contribution in [0.5, 0.6) is 11.5 Å². The van der Waals surface area contributed by atoms with Gasteiger partial charge >= 0.3 is 43.4 Å². The number of hydrogen-bond acceptors (Lipinski definition) is 6. The summed E-state index contributed by atoms with van der Waals surface area (Å²) in [6, 6.07) is 0.992. The highest BCUT2D eigenvalue weighted by Crippen LogP contribution is 2.55. The standard InChI is InChI=1S/C17H8F12O6S2/c18-13(14(19,20)15(21,22)23,9-3-1-5-11(7-9)34-36(30,31)16(24,25)26)10-4-2-6-12(8-10)35-37(32,33)17(27,28)29/h1-8H. The van der Waals surface area contributed by atoms with Crippen molar-refractivity contribution in [1.82, 2.24) is 0 Å². The fraction of sp³-hybridized carbons (Fsp3) is 0.294. The zero-order valence-electron chi connectivity index (χ0n) is 16.9. The van der Waals surface area contributed by atoms with Crippen LogP contribution in [-0.2, 0) is 25.9 Å². The van der Waals surface area contributed by atoms with E-state index in [0.717, 1.165) is 0 Å². The van der Waals surface area contributed by atoms with Crippen LogP contribution < -0.4 is 8.37 Å². The smallest absolute Gasteiger partial charge is 0.376 e. The summed E-state index contributed by atoms with van der Waals surface area (Å²) in [5.74, 6) is -9.67. The molecule has 0 N–H and O–H groups in total. The highest BCUT2D eigenvalue weighted by atomic mass is 32.2. The molecule has 2 aromatic rings. The molecule has 0 spiro atoms. The van der Waals surface area contributed by atoms with Gasteiger partial charge in [-0.15, -0.1) is 0 Å². The lowest BCUT2D eigenvalue weighted by molar-refractivity contribution is -0.323.